The van der Waals surface area contributed by atoms with Gasteiger partial charge in [0.25, 0.3) is 0 Å². The molecule has 0 aromatic carbocycles. The number of fused-ring (bicyclic) bond motifs is 1. The third-order valence-corrected chi connectivity index (χ3v) is 4.39. The molecule has 1 fully saturated rings. The lowest BCUT2D eigenvalue weighted by Gasteiger charge is -2.34. The van der Waals surface area contributed by atoms with Crippen LogP contribution < -0.4 is 0 Å². The molecule has 0 bridgehead atoms. The summed E-state index contributed by atoms with van der Waals surface area (Å²) in [4.78, 5) is 16.5. The predicted molar refractivity (Wildman–Crippen MR) is 89.3 cm³/mol. The fourth-order valence-corrected chi connectivity index (χ4v) is 3.09. The average molecular weight is 324 g/mol. The number of piperazine rings is 1. The first-order valence-electron chi connectivity index (χ1n) is 8.19. The monoisotopic (exact) mass is 324 g/mol. The zero-order valence-corrected chi connectivity index (χ0v) is 13.5. The third-order valence-electron chi connectivity index (χ3n) is 4.39. The first kappa shape index (κ1) is 14.9. The maximum atomic E-state index is 12.3. The number of amides is 1. The molecule has 7 nitrogen and oxygen atoms in total. The Morgan fingerprint density at radius 1 is 1.08 bits per heavy atom. The van der Waals surface area contributed by atoms with Crippen molar-refractivity contribution in [2.24, 2.45) is 0 Å². The number of hydrogen-bond acceptors (Lipinski definition) is 4. The van der Waals surface area contributed by atoms with Gasteiger partial charge in [0.05, 0.1) is 11.2 Å². The molecule has 0 unspecified atom stereocenters. The van der Waals surface area contributed by atoms with E-state index in [0.717, 1.165) is 43.9 Å². The standard InChI is InChI=1S/C17H20N6O/c24-17(14-22-6-3-5-18-22)21-10-8-20(9-11-21)13-15-12-16-4-1-2-7-23(16)19-15/h1-7,12H,8-11,13-14H2. The molecule has 3 aromatic rings. The highest BCUT2D eigenvalue weighted by atomic mass is 16.2. The van der Waals surface area contributed by atoms with Crippen molar-refractivity contribution in [3.05, 3.63) is 54.6 Å². The Labute approximate surface area is 140 Å². The minimum atomic E-state index is 0.131. The Balaban J connectivity index is 1.31. The van der Waals surface area contributed by atoms with E-state index in [4.69, 9.17) is 0 Å². The van der Waals surface area contributed by atoms with Gasteiger partial charge in [0.1, 0.15) is 6.54 Å². The van der Waals surface area contributed by atoms with Crippen LogP contribution in [0.4, 0.5) is 0 Å². The van der Waals surface area contributed by atoms with Crippen molar-refractivity contribution < 1.29 is 4.79 Å². The first-order valence-corrected chi connectivity index (χ1v) is 8.19. The fraction of sp³-hybridized carbons (Fsp3) is 0.353. The second-order valence-corrected chi connectivity index (χ2v) is 6.07. The summed E-state index contributed by atoms with van der Waals surface area (Å²) in [7, 11) is 0. The van der Waals surface area contributed by atoms with Crippen molar-refractivity contribution in [1.82, 2.24) is 29.2 Å². The highest BCUT2D eigenvalue weighted by Gasteiger charge is 2.21. The van der Waals surface area contributed by atoms with Crippen molar-refractivity contribution in [3.8, 4) is 0 Å². The molecule has 124 valence electrons. The van der Waals surface area contributed by atoms with Crippen LogP contribution in [-0.4, -0.2) is 61.3 Å². The number of aromatic nitrogens is 4. The molecular weight excluding hydrogens is 304 g/mol. The van der Waals surface area contributed by atoms with Crippen molar-refractivity contribution in [2.45, 2.75) is 13.1 Å². The molecule has 0 saturated carbocycles. The summed E-state index contributed by atoms with van der Waals surface area (Å²) in [5.41, 5.74) is 2.18. The van der Waals surface area contributed by atoms with Gasteiger partial charge in [0, 0.05) is 51.3 Å². The van der Waals surface area contributed by atoms with E-state index in [1.165, 1.54) is 0 Å². The second-order valence-electron chi connectivity index (χ2n) is 6.07. The van der Waals surface area contributed by atoms with Gasteiger partial charge in [0.2, 0.25) is 5.91 Å². The molecule has 0 radical (unpaired) electrons. The normalized spacial score (nSPS) is 15.9. The number of carbonyl (C=O) groups is 1. The maximum Gasteiger partial charge on any atom is 0.244 e. The molecule has 0 aliphatic carbocycles. The van der Waals surface area contributed by atoms with Gasteiger partial charge in [-0.3, -0.25) is 14.4 Å². The van der Waals surface area contributed by atoms with Crippen LogP contribution in [0.5, 0.6) is 0 Å². The topological polar surface area (TPSA) is 58.7 Å². The van der Waals surface area contributed by atoms with Crippen molar-refractivity contribution in [1.29, 1.82) is 0 Å². The summed E-state index contributed by atoms with van der Waals surface area (Å²) in [5, 5.41) is 8.68. The summed E-state index contributed by atoms with van der Waals surface area (Å²) in [6, 6.07) is 10.0. The number of carbonyl (C=O) groups excluding carboxylic acids is 1. The van der Waals surface area contributed by atoms with E-state index >= 15 is 0 Å². The van der Waals surface area contributed by atoms with E-state index in [0.29, 0.717) is 6.54 Å². The molecule has 1 aliphatic heterocycles. The van der Waals surface area contributed by atoms with E-state index in [9.17, 15) is 4.79 Å². The molecule has 4 rings (SSSR count). The largest absolute Gasteiger partial charge is 0.339 e. The van der Waals surface area contributed by atoms with Crippen molar-refractivity contribution >= 4 is 11.4 Å². The molecule has 0 atom stereocenters. The van der Waals surface area contributed by atoms with Crippen LogP contribution in [0.1, 0.15) is 5.69 Å². The van der Waals surface area contributed by atoms with Crippen LogP contribution in [0.2, 0.25) is 0 Å². The fourth-order valence-electron chi connectivity index (χ4n) is 3.09. The first-order chi connectivity index (χ1) is 11.8. The maximum absolute atomic E-state index is 12.3. The highest BCUT2D eigenvalue weighted by molar-refractivity contribution is 5.76. The number of rotatable bonds is 4. The second kappa shape index (κ2) is 6.45. The molecule has 0 N–H and O–H groups in total. The molecule has 4 heterocycles. The molecule has 0 spiro atoms. The summed E-state index contributed by atoms with van der Waals surface area (Å²) < 4.78 is 3.57. The Morgan fingerprint density at radius 2 is 1.96 bits per heavy atom. The van der Waals surface area contributed by atoms with Gasteiger partial charge in [-0.15, -0.1) is 0 Å². The highest BCUT2D eigenvalue weighted by Crippen LogP contribution is 2.11. The molecular formula is C17H20N6O. The number of pyridine rings is 1. The van der Waals surface area contributed by atoms with Crippen LogP contribution in [0.15, 0.2) is 48.9 Å². The van der Waals surface area contributed by atoms with Crippen LogP contribution in [0.3, 0.4) is 0 Å². The van der Waals surface area contributed by atoms with Gasteiger partial charge < -0.3 is 4.90 Å². The van der Waals surface area contributed by atoms with Gasteiger partial charge in [-0.1, -0.05) is 6.07 Å². The van der Waals surface area contributed by atoms with Crippen molar-refractivity contribution in [2.75, 3.05) is 26.2 Å². The molecule has 24 heavy (non-hydrogen) atoms. The minimum absolute atomic E-state index is 0.131. The van der Waals surface area contributed by atoms with E-state index in [2.05, 4.69) is 27.2 Å². The van der Waals surface area contributed by atoms with Crippen LogP contribution in [-0.2, 0) is 17.9 Å². The zero-order chi connectivity index (χ0) is 16.4. The quantitative estimate of drug-likeness (QED) is 0.715. The minimum Gasteiger partial charge on any atom is -0.339 e. The van der Waals surface area contributed by atoms with E-state index in [-0.39, 0.29) is 5.91 Å². The molecule has 1 amide bonds. The molecule has 1 aliphatic rings. The van der Waals surface area contributed by atoms with E-state index in [1.807, 2.05) is 40.0 Å². The molecule has 1 saturated heterocycles. The van der Waals surface area contributed by atoms with Gasteiger partial charge >= 0.3 is 0 Å². The van der Waals surface area contributed by atoms with Crippen LogP contribution >= 0.6 is 0 Å². The SMILES string of the molecule is O=C(Cn1cccn1)N1CCN(Cc2cc3ccccn3n2)CC1. The van der Waals surface area contributed by atoms with E-state index < -0.39 is 0 Å². The molecule has 3 aromatic heterocycles. The average Bonchev–Trinajstić information content (AvgIpc) is 3.24. The summed E-state index contributed by atoms with van der Waals surface area (Å²) in [6.07, 6.45) is 5.47. The van der Waals surface area contributed by atoms with E-state index in [1.54, 1.807) is 10.9 Å². The van der Waals surface area contributed by atoms with Gasteiger partial charge in [-0.05, 0) is 24.3 Å². The zero-order valence-electron chi connectivity index (χ0n) is 13.5. The smallest absolute Gasteiger partial charge is 0.244 e. The Kier molecular flexibility index (Phi) is 4.00. The lowest BCUT2D eigenvalue weighted by atomic mass is 10.2. The summed E-state index contributed by atoms with van der Waals surface area (Å²) in [5.74, 6) is 0.131. The summed E-state index contributed by atoms with van der Waals surface area (Å²) >= 11 is 0. The molecule has 7 heteroatoms. The Morgan fingerprint density at radius 3 is 2.71 bits per heavy atom. The van der Waals surface area contributed by atoms with Crippen LogP contribution in [0, 0.1) is 0 Å². The van der Waals surface area contributed by atoms with Gasteiger partial charge in [0.15, 0.2) is 0 Å². The van der Waals surface area contributed by atoms with Crippen molar-refractivity contribution in [3.63, 3.8) is 0 Å². The summed E-state index contributed by atoms with van der Waals surface area (Å²) in [6.45, 7) is 4.40. The Hall–Kier alpha value is -2.67. The number of hydrogen-bond donors (Lipinski definition) is 0. The van der Waals surface area contributed by atoms with Gasteiger partial charge in [-0.25, -0.2) is 4.52 Å². The third kappa shape index (κ3) is 3.16. The predicted octanol–water partition coefficient (Wildman–Crippen LogP) is 0.875. The number of nitrogens with zero attached hydrogens (tertiary/aromatic N) is 6. The van der Waals surface area contributed by atoms with Crippen LogP contribution in [0.25, 0.3) is 5.52 Å². The lowest BCUT2D eigenvalue weighted by molar-refractivity contribution is -0.133. The van der Waals surface area contributed by atoms with Gasteiger partial charge in [-0.2, -0.15) is 10.2 Å². The Bertz CT molecular complexity index is 784. The lowest BCUT2D eigenvalue weighted by Crippen LogP contribution is -2.49.